The number of carbonyl (C=O) groups is 1. The lowest BCUT2D eigenvalue weighted by Gasteiger charge is -2.13. The van der Waals surface area contributed by atoms with E-state index in [1.54, 1.807) is 18.2 Å². The number of amides is 1. The number of hydrogen-bond acceptors (Lipinski definition) is 6. The van der Waals surface area contributed by atoms with E-state index < -0.39 is 15.7 Å². The standard InChI is InChI=1S/C21H22N4O3S/c1-29(27,28)16-4-2-3-14(11-16)15-7-8-17-18(12-15)24-25-20(21(22)26)19(17)23-10-9-13-5-6-13/h2-4,7-8,11-13H,5-6,9-10H2,1H3,(H2,22,26)(H,23,24). The molecule has 1 amide bonds. The summed E-state index contributed by atoms with van der Waals surface area (Å²) in [7, 11) is -3.30. The fourth-order valence-electron chi connectivity index (χ4n) is 3.35. The van der Waals surface area contributed by atoms with Gasteiger partial charge in [0.1, 0.15) is 0 Å². The number of nitrogens with two attached hydrogens (primary N) is 1. The minimum absolute atomic E-state index is 0.125. The summed E-state index contributed by atoms with van der Waals surface area (Å²) in [6, 6.07) is 12.3. The van der Waals surface area contributed by atoms with Crippen molar-refractivity contribution in [2.24, 2.45) is 11.7 Å². The summed E-state index contributed by atoms with van der Waals surface area (Å²) in [4.78, 5) is 12.1. The van der Waals surface area contributed by atoms with Gasteiger partial charge in [-0.1, -0.05) is 31.0 Å². The first-order valence-electron chi connectivity index (χ1n) is 9.47. The zero-order chi connectivity index (χ0) is 20.6. The van der Waals surface area contributed by atoms with E-state index in [0.717, 1.165) is 35.4 Å². The van der Waals surface area contributed by atoms with Crippen LogP contribution in [0.1, 0.15) is 29.8 Å². The molecule has 8 heteroatoms. The van der Waals surface area contributed by atoms with Crippen LogP contribution in [0.4, 0.5) is 5.69 Å². The monoisotopic (exact) mass is 410 g/mol. The fraction of sp³-hybridized carbons (Fsp3) is 0.286. The van der Waals surface area contributed by atoms with Crippen molar-refractivity contribution in [3.63, 3.8) is 0 Å². The summed E-state index contributed by atoms with van der Waals surface area (Å²) in [6.45, 7) is 0.740. The molecule has 1 aromatic heterocycles. The van der Waals surface area contributed by atoms with Gasteiger partial charge < -0.3 is 11.1 Å². The lowest BCUT2D eigenvalue weighted by molar-refractivity contribution is 0.0995. The average Bonchev–Trinajstić information content (AvgIpc) is 3.51. The Morgan fingerprint density at radius 1 is 1.14 bits per heavy atom. The van der Waals surface area contributed by atoms with Gasteiger partial charge >= 0.3 is 0 Å². The molecule has 29 heavy (non-hydrogen) atoms. The molecule has 0 atom stereocenters. The van der Waals surface area contributed by atoms with Gasteiger partial charge in [-0.25, -0.2) is 8.42 Å². The van der Waals surface area contributed by atoms with E-state index >= 15 is 0 Å². The van der Waals surface area contributed by atoms with Gasteiger partial charge in [-0.05, 0) is 47.7 Å². The van der Waals surface area contributed by atoms with Crippen molar-refractivity contribution in [2.75, 3.05) is 18.1 Å². The highest BCUT2D eigenvalue weighted by Gasteiger charge is 2.21. The lowest BCUT2D eigenvalue weighted by atomic mass is 10.0. The number of fused-ring (bicyclic) bond motifs is 1. The van der Waals surface area contributed by atoms with Crippen molar-refractivity contribution < 1.29 is 13.2 Å². The molecule has 1 aliphatic carbocycles. The first-order chi connectivity index (χ1) is 13.8. The quantitative estimate of drug-likeness (QED) is 0.619. The van der Waals surface area contributed by atoms with Crippen molar-refractivity contribution in [1.82, 2.24) is 10.2 Å². The molecular formula is C21H22N4O3S. The van der Waals surface area contributed by atoms with Crippen LogP contribution in [0.3, 0.4) is 0 Å². The maximum atomic E-state index is 11.9. The number of sulfone groups is 1. The topological polar surface area (TPSA) is 115 Å². The maximum Gasteiger partial charge on any atom is 0.271 e. The molecule has 0 unspecified atom stereocenters. The number of carbonyl (C=O) groups excluding carboxylic acids is 1. The number of aromatic nitrogens is 2. The zero-order valence-corrected chi connectivity index (χ0v) is 16.9. The molecule has 0 radical (unpaired) electrons. The number of benzene rings is 2. The van der Waals surface area contributed by atoms with Crippen molar-refractivity contribution in [2.45, 2.75) is 24.2 Å². The van der Waals surface area contributed by atoms with Crippen molar-refractivity contribution in [1.29, 1.82) is 0 Å². The van der Waals surface area contributed by atoms with Crippen LogP contribution >= 0.6 is 0 Å². The first kappa shape index (κ1) is 19.3. The van der Waals surface area contributed by atoms with Gasteiger partial charge in [0.2, 0.25) is 0 Å². The summed E-state index contributed by atoms with van der Waals surface area (Å²) < 4.78 is 23.7. The number of primary amides is 1. The highest BCUT2D eigenvalue weighted by atomic mass is 32.2. The first-order valence-corrected chi connectivity index (χ1v) is 11.4. The minimum Gasteiger partial charge on any atom is -0.383 e. The van der Waals surface area contributed by atoms with Crippen LogP contribution < -0.4 is 11.1 Å². The minimum atomic E-state index is -3.30. The van der Waals surface area contributed by atoms with Gasteiger partial charge in [0.05, 0.1) is 16.1 Å². The van der Waals surface area contributed by atoms with E-state index in [1.165, 1.54) is 19.1 Å². The molecule has 7 nitrogen and oxygen atoms in total. The Kier molecular flexibility index (Phi) is 4.96. The Morgan fingerprint density at radius 3 is 2.59 bits per heavy atom. The van der Waals surface area contributed by atoms with E-state index in [-0.39, 0.29) is 10.6 Å². The number of hydrogen-bond donors (Lipinski definition) is 2. The van der Waals surface area contributed by atoms with Crippen LogP contribution in [0.5, 0.6) is 0 Å². The van der Waals surface area contributed by atoms with Crippen LogP contribution in [0, 0.1) is 5.92 Å². The van der Waals surface area contributed by atoms with E-state index in [4.69, 9.17) is 5.73 Å². The second-order valence-electron chi connectivity index (χ2n) is 7.48. The fourth-order valence-corrected chi connectivity index (χ4v) is 4.02. The van der Waals surface area contributed by atoms with Gasteiger partial charge in [0.25, 0.3) is 5.91 Å². The van der Waals surface area contributed by atoms with Gasteiger partial charge in [-0.3, -0.25) is 4.79 Å². The molecular weight excluding hydrogens is 388 g/mol. The Hall–Kier alpha value is -3.00. The van der Waals surface area contributed by atoms with Gasteiger partial charge in [0.15, 0.2) is 15.5 Å². The predicted octanol–water partition coefficient (Wildman–Crippen LogP) is 3.01. The molecule has 3 aromatic rings. The summed E-state index contributed by atoms with van der Waals surface area (Å²) in [5, 5.41) is 12.3. The van der Waals surface area contributed by atoms with Crippen LogP contribution in [-0.4, -0.2) is 37.3 Å². The molecule has 0 bridgehead atoms. The van der Waals surface area contributed by atoms with E-state index in [0.29, 0.717) is 11.2 Å². The second kappa shape index (κ2) is 7.44. The molecule has 3 N–H and O–H groups in total. The molecule has 1 fully saturated rings. The van der Waals surface area contributed by atoms with Gasteiger partial charge in [-0.2, -0.15) is 0 Å². The molecule has 1 aliphatic rings. The zero-order valence-electron chi connectivity index (χ0n) is 16.1. The number of nitrogens with one attached hydrogen (secondary N) is 1. The van der Waals surface area contributed by atoms with Crippen LogP contribution in [0.25, 0.3) is 22.0 Å². The highest BCUT2D eigenvalue weighted by Crippen LogP contribution is 2.33. The molecule has 150 valence electrons. The largest absolute Gasteiger partial charge is 0.383 e. The number of anilines is 1. The molecule has 4 rings (SSSR count). The van der Waals surface area contributed by atoms with Crippen LogP contribution in [-0.2, 0) is 9.84 Å². The number of nitrogens with zero attached hydrogens (tertiary/aromatic N) is 2. The van der Waals surface area contributed by atoms with E-state index in [2.05, 4.69) is 15.5 Å². The summed E-state index contributed by atoms with van der Waals surface area (Å²) in [5.74, 6) is 0.132. The summed E-state index contributed by atoms with van der Waals surface area (Å²) in [6.07, 6.45) is 4.74. The Bertz CT molecular complexity index is 1200. The number of rotatable bonds is 7. The smallest absolute Gasteiger partial charge is 0.271 e. The Morgan fingerprint density at radius 2 is 1.90 bits per heavy atom. The highest BCUT2D eigenvalue weighted by molar-refractivity contribution is 7.90. The van der Waals surface area contributed by atoms with Crippen molar-refractivity contribution in [3.05, 3.63) is 48.2 Å². The molecule has 0 saturated heterocycles. The summed E-state index contributed by atoms with van der Waals surface area (Å²) in [5.41, 5.74) is 8.39. The van der Waals surface area contributed by atoms with Crippen molar-refractivity contribution >= 4 is 32.3 Å². The van der Waals surface area contributed by atoms with E-state index in [9.17, 15) is 13.2 Å². The average molecular weight is 410 g/mol. The second-order valence-corrected chi connectivity index (χ2v) is 9.49. The van der Waals surface area contributed by atoms with Gasteiger partial charge in [0, 0.05) is 18.2 Å². The third-order valence-electron chi connectivity index (χ3n) is 5.14. The van der Waals surface area contributed by atoms with E-state index in [1.807, 2.05) is 24.3 Å². The molecule has 1 heterocycles. The Balaban J connectivity index is 1.74. The normalized spacial score (nSPS) is 14.1. The lowest BCUT2D eigenvalue weighted by Crippen LogP contribution is -2.18. The predicted molar refractivity (Wildman–Crippen MR) is 112 cm³/mol. The molecule has 2 aromatic carbocycles. The summed E-state index contributed by atoms with van der Waals surface area (Å²) >= 11 is 0. The third kappa shape index (κ3) is 4.22. The molecule has 0 aliphatic heterocycles. The van der Waals surface area contributed by atoms with Crippen LogP contribution in [0.2, 0.25) is 0 Å². The SMILES string of the molecule is CS(=O)(=O)c1cccc(-c2ccc3c(NCCC4CC4)c(C(N)=O)nnc3c2)c1. The third-order valence-corrected chi connectivity index (χ3v) is 6.25. The van der Waals surface area contributed by atoms with Crippen molar-refractivity contribution in [3.8, 4) is 11.1 Å². The van der Waals surface area contributed by atoms with Gasteiger partial charge in [-0.15, -0.1) is 10.2 Å². The molecule has 0 spiro atoms. The maximum absolute atomic E-state index is 11.9. The Labute approximate surface area is 169 Å². The van der Waals surface area contributed by atoms with Crippen LogP contribution in [0.15, 0.2) is 47.4 Å². The molecule has 1 saturated carbocycles.